The summed E-state index contributed by atoms with van der Waals surface area (Å²) in [7, 11) is 0. The Morgan fingerprint density at radius 3 is 1.86 bits per heavy atom. The molecule has 0 aliphatic carbocycles. The van der Waals surface area contributed by atoms with Crippen LogP contribution in [0, 0.1) is 13.8 Å². The molecule has 0 spiro atoms. The summed E-state index contributed by atoms with van der Waals surface area (Å²) in [6.45, 7) is 4.18. The topological polar surface area (TPSA) is 25.8 Å². The first kappa shape index (κ1) is 14.6. The zero-order chi connectivity index (χ0) is 14.7. The molecule has 3 aromatic rings. The molecular formula is C16H14N2S3. The van der Waals surface area contributed by atoms with Gasteiger partial charge in [-0.15, -0.1) is 0 Å². The van der Waals surface area contributed by atoms with Crippen LogP contribution in [0.3, 0.4) is 0 Å². The Morgan fingerprint density at radius 2 is 1.29 bits per heavy atom. The van der Waals surface area contributed by atoms with E-state index < -0.39 is 0 Å². The number of aryl methyl sites for hydroxylation is 2. The van der Waals surface area contributed by atoms with Crippen LogP contribution in [-0.4, -0.2) is 9.36 Å². The average molecular weight is 331 g/mol. The van der Waals surface area contributed by atoms with E-state index in [1.165, 1.54) is 32.5 Å². The van der Waals surface area contributed by atoms with Gasteiger partial charge in [-0.2, -0.15) is 4.37 Å². The fourth-order valence-electron chi connectivity index (χ4n) is 1.70. The molecule has 106 valence electrons. The molecule has 0 unspecified atom stereocenters. The fraction of sp³-hybridized carbons (Fsp3) is 0.125. The van der Waals surface area contributed by atoms with Crippen molar-refractivity contribution >= 4 is 35.1 Å². The lowest BCUT2D eigenvalue weighted by atomic mass is 10.2. The van der Waals surface area contributed by atoms with Crippen LogP contribution in [-0.2, 0) is 0 Å². The SMILES string of the molecule is Cc1ccc(Sc2nsc(Sc3ccc(C)cc3)n2)cc1. The number of rotatable bonds is 4. The number of nitrogens with zero attached hydrogens (tertiary/aromatic N) is 2. The molecule has 0 atom stereocenters. The molecule has 2 aromatic carbocycles. The largest absolute Gasteiger partial charge is 0.206 e. The minimum Gasteiger partial charge on any atom is -0.202 e. The molecule has 0 aliphatic heterocycles. The van der Waals surface area contributed by atoms with Gasteiger partial charge in [0.05, 0.1) is 0 Å². The molecule has 21 heavy (non-hydrogen) atoms. The van der Waals surface area contributed by atoms with Crippen molar-refractivity contribution < 1.29 is 0 Å². The van der Waals surface area contributed by atoms with Crippen LogP contribution in [0.5, 0.6) is 0 Å². The third kappa shape index (κ3) is 4.09. The van der Waals surface area contributed by atoms with Crippen LogP contribution in [0.25, 0.3) is 0 Å². The molecule has 0 fully saturated rings. The highest BCUT2D eigenvalue weighted by molar-refractivity contribution is 8.01. The standard InChI is InChI=1S/C16H14N2S3/c1-11-3-7-13(8-4-11)19-15-17-16(21-18-15)20-14-9-5-12(2)6-10-14/h3-10H,1-2H3. The molecule has 0 aliphatic rings. The van der Waals surface area contributed by atoms with E-state index in [0.717, 1.165) is 9.50 Å². The Balaban J connectivity index is 1.68. The molecule has 5 heteroatoms. The van der Waals surface area contributed by atoms with Gasteiger partial charge in [0.2, 0.25) is 5.16 Å². The summed E-state index contributed by atoms with van der Waals surface area (Å²) in [5.74, 6) is 0. The number of aromatic nitrogens is 2. The van der Waals surface area contributed by atoms with E-state index >= 15 is 0 Å². The van der Waals surface area contributed by atoms with Gasteiger partial charge in [0.1, 0.15) is 0 Å². The van der Waals surface area contributed by atoms with Gasteiger partial charge in [-0.1, -0.05) is 47.2 Å². The van der Waals surface area contributed by atoms with Crippen molar-refractivity contribution in [3.05, 3.63) is 59.7 Å². The van der Waals surface area contributed by atoms with Gasteiger partial charge < -0.3 is 0 Å². The Hall–Kier alpha value is -1.30. The maximum atomic E-state index is 4.58. The summed E-state index contributed by atoms with van der Waals surface area (Å²) < 4.78 is 5.40. The summed E-state index contributed by atoms with van der Waals surface area (Å²) in [5, 5.41) is 0.818. The van der Waals surface area contributed by atoms with E-state index in [2.05, 4.69) is 71.7 Å². The van der Waals surface area contributed by atoms with Crippen molar-refractivity contribution in [1.82, 2.24) is 9.36 Å². The highest BCUT2D eigenvalue weighted by atomic mass is 32.2. The highest BCUT2D eigenvalue weighted by Crippen LogP contribution is 2.33. The Kier molecular flexibility index (Phi) is 4.63. The van der Waals surface area contributed by atoms with Crippen LogP contribution in [0.2, 0.25) is 0 Å². The lowest BCUT2D eigenvalue weighted by Crippen LogP contribution is -1.78. The van der Waals surface area contributed by atoms with Crippen molar-refractivity contribution in [2.24, 2.45) is 0 Å². The zero-order valence-electron chi connectivity index (χ0n) is 11.7. The van der Waals surface area contributed by atoms with Crippen molar-refractivity contribution in [2.75, 3.05) is 0 Å². The summed E-state index contributed by atoms with van der Waals surface area (Å²) in [4.78, 5) is 6.95. The molecule has 2 nitrogen and oxygen atoms in total. The summed E-state index contributed by atoms with van der Waals surface area (Å²) >= 11 is 4.72. The quantitative estimate of drug-likeness (QED) is 0.634. The predicted molar refractivity (Wildman–Crippen MR) is 90.5 cm³/mol. The number of benzene rings is 2. The second kappa shape index (κ2) is 6.64. The Morgan fingerprint density at radius 1 is 0.762 bits per heavy atom. The molecule has 0 amide bonds. The smallest absolute Gasteiger partial charge is 0.202 e. The van der Waals surface area contributed by atoms with Crippen LogP contribution >= 0.6 is 35.1 Å². The third-order valence-corrected chi connectivity index (χ3v) is 5.59. The monoisotopic (exact) mass is 330 g/mol. The van der Waals surface area contributed by atoms with Gasteiger partial charge in [-0.25, -0.2) is 4.98 Å². The summed E-state index contributed by atoms with van der Waals surface area (Å²) in [6.07, 6.45) is 0. The van der Waals surface area contributed by atoms with Crippen LogP contribution < -0.4 is 0 Å². The molecule has 0 saturated carbocycles. The van der Waals surface area contributed by atoms with E-state index in [1.807, 2.05) is 0 Å². The molecule has 0 radical (unpaired) electrons. The van der Waals surface area contributed by atoms with Crippen LogP contribution in [0.1, 0.15) is 11.1 Å². The highest BCUT2D eigenvalue weighted by Gasteiger charge is 2.07. The summed E-state index contributed by atoms with van der Waals surface area (Å²) in [5.41, 5.74) is 2.54. The van der Waals surface area contributed by atoms with E-state index in [0.29, 0.717) is 0 Å². The number of hydrogen-bond acceptors (Lipinski definition) is 5. The van der Waals surface area contributed by atoms with Crippen molar-refractivity contribution in [1.29, 1.82) is 0 Å². The number of hydrogen-bond donors (Lipinski definition) is 0. The van der Waals surface area contributed by atoms with Crippen LogP contribution in [0.4, 0.5) is 0 Å². The first-order valence-corrected chi connectivity index (χ1v) is 8.92. The lowest BCUT2D eigenvalue weighted by molar-refractivity contribution is 1.02. The van der Waals surface area contributed by atoms with Gasteiger partial charge in [0.25, 0.3) is 0 Å². The lowest BCUT2D eigenvalue weighted by Gasteiger charge is -1.98. The molecule has 3 rings (SSSR count). The Labute approximate surface area is 137 Å². The van der Waals surface area contributed by atoms with E-state index in [9.17, 15) is 0 Å². The van der Waals surface area contributed by atoms with Gasteiger partial charge in [-0.3, -0.25) is 0 Å². The van der Waals surface area contributed by atoms with Crippen LogP contribution in [0.15, 0.2) is 67.8 Å². The first-order chi connectivity index (χ1) is 10.2. The van der Waals surface area contributed by atoms with Crippen molar-refractivity contribution in [3.63, 3.8) is 0 Å². The first-order valence-electron chi connectivity index (χ1n) is 6.52. The van der Waals surface area contributed by atoms with Gasteiger partial charge in [-0.05, 0) is 61.4 Å². The molecule has 0 bridgehead atoms. The predicted octanol–water partition coefficient (Wildman–Crippen LogP) is 5.46. The molecule has 0 saturated heterocycles. The Bertz CT molecular complexity index is 656. The summed E-state index contributed by atoms with van der Waals surface area (Å²) in [6, 6.07) is 16.9. The molecular weight excluding hydrogens is 316 g/mol. The maximum Gasteiger partial charge on any atom is 0.206 e. The fourth-order valence-corrected chi connectivity index (χ4v) is 4.17. The minimum atomic E-state index is 0.818. The van der Waals surface area contributed by atoms with E-state index in [1.54, 1.807) is 23.5 Å². The molecule has 1 aromatic heterocycles. The normalized spacial score (nSPS) is 10.8. The second-order valence-corrected chi connectivity index (χ2v) is 7.79. The van der Waals surface area contributed by atoms with E-state index in [-0.39, 0.29) is 0 Å². The average Bonchev–Trinajstić information content (AvgIpc) is 2.91. The van der Waals surface area contributed by atoms with E-state index in [4.69, 9.17) is 0 Å². The van der Waals surface area contributed by atoms with Gasteiger partial charge in [0.15, 0.2) is 4.34 Å². The molecule has 1 heterocycles. The van der Waals surface area contributed by atoms with Gasteiger partial charge >= 0.3 is 0 Å². The molecule has 0 N–H and O–H groups in total. The zero-order valence-corrected chi connectivity index (χ0v) is 14.2. The second-order valence-electron chi connectivity index (χ2n) is 4.67. The van der Waals surface area contributed by atoms with Crippen molar-refractivity contribution in [2.45, 2.75) is 33.1 Å². The van der Waals surface area contributed by atoms with Crippen molar-refractivity contribution in [3.8, 4) is 0 Å². The third-order valence-electron chi connectivity index (χ3n) is 2.85. The van der Waals surface area contributed by atoms with Gasteiger partial charge in [0, 0.05) is 9.79 Å². The maximum absolute atomic E-state index is 4.58. The minimum absolute atomic E-state index is 0.818.